The summed E-state index contributed by atoms with van der Waals surface area (Å²) in [6.07, 6.45) is 10.6. The Morgan fingerprint density at radius 1 is 1.00 bits per heavy atom. The fourth-order valence-corrected chi connectivity index (χ4v) is 10.4. The van der Waals surface area contributed by atoms with E-state index in [4.69, 9.17) is 33.2 Å². The summed E-state index contributed by atoms with van der Waals surface area (Å²) in [5.74, 6) is -2.92. The van der Waals surface area contributed by atoms with Crippen molar-refractivity contribution in [1.82, 2.24) is 0 Å². The molecule has 4 N–H and O–H groups in total. The van der Waals surface area contributed by atoms with Crippen LogP contribution < -0.4 is 0 Å². The first-order valence-electron chi connectivity index (χ1n) is 20.8. The molecule has 7 rings (SSSR count). The van der Waals surface area contributed by atoms with Gasteiger partial charge >= 0.3 is 5.97 Å². The van der Waals surface area contributed by atoms with Gasteiger partial charge in [-0.25, -0.2) is 0 Å². The van der Waals surface area contributed by atoms with Crippen LogP contribution in [0.25, 0.3) is 0 Å². The lowest BCUT2D eigenvalue weighted by molar-refractivity contribution is -0.355. The Hall–Kier alpha value is -2.46. The van der Waals surface area contributed by atoms with Crippen molar-refractivity contribution in [3.8, 4) is 0 Å². The fourth-order valence-electron chi connectivity index (χ4n) is 10.4. The number of oxime groups is 1. The molecule has 0 aromatic rings. The summed E-state index contributed by atoms with van der Waals surface area (Å²) in [5.41, 5.74) is 0.169. The van der Waals surface area contributed by atoms with Gasteiger partial charge in [-0.15, -0.1) is 0 Å². The van der Waals surface area contributed by atoms with Gasteiger partial charge in [0, 0.05) is 44.6 Å². The summed E-state index contributed by atoms with van der Waals surface area (Å²) in [7, 11) is 1.57. The molecular weight excluding hydrogens is 722 g/mol. The number of methoxy groups -OCH3 is 1. The molecule has 0 radical (unpaired) electrons. The van der Waals surface area contributed by atoms with Gasteiger partial charge in [0.2, 0.25) is 0 Å². The SMILES string of the molecule is CO[C@H]1C[C@H](O[C@H]2/C(C)=C/C[C@@H]3C[C@@H](C[C@]4(C[C@H](O)[C@H](C)[C@@H](C5CCCCC5)O4)O3)OC(=O)[C@@H]3C=C(C)/C(=N/O)[C@H]4OC/C(=C\C=C\[C@@H]2C)[C@]43O)O[C@@H](C)[C@@H]1O. The summed E-state index contributed by atoms with van der Waals surface area (Å²) in [5, 5.41) is 48.2. The van der Waals surface area contributed by atoms with E-state index in [-0.39, 0.29) is 43.1 Å². The number of aliphatic hydroxyl groups excluding tert-OH is 2. The van der Waals surface area contributed by atoms with Crippen molar-refractivity contribution in [2.45, 2.75) is 171 Å². The first-order valence-corrected chi connectivity index (χ1v) is 20.8. The molecule has 1 spiro atoms. The van der Waals surface area contributed by atoms with Crippen LogP contribution in [0.4, 0.5) is 0 Å². The van der Waals surface area contributed by atoms with Gasteiger partial charge in [-0.3, -0.25) is 4.79 Å². The monoisotopic (exact) mass is 785 g/mol. The zero-order valence-corrected chi connectivity index (χ0v) is 33.7. The zero-order valence-electron chi connectivity index (χ0n) is 33.7. The fraction of sp³-hybridized carbons (Fsp3) is 0.767. The summed E-state index contributed by atoms with van der Waals surface area (Å²) >= 11 is 0. The smallest absolute Gasteiger partial charge is 0.316 e. The molecule has 56 heavy (non-hydrogen) atoms. The Balaban J connectivity index is 1.26. The molecule has 7 aliphatic rings. The van der Waals surface area contributed by atoms with Gasteiger partial charge in [-0.2, -0.15) is 0 Å². The molecule has 2 aliphatic carbocycles. The molecule has 312 valence electrons. The van der Waals surface area contributed by atoms with Gasteiger partial charge in [0.25, 0.3) is 0 Å². The molecule has 15 atom stereocenters. The first-order chi connectivity index (χ1) is 26.8. The number of hydrogen-bond donors (Lipinski definition) is 4. The van der Waals surface area contributed by atoms with Gasteiger partial charge in [0.1, 0.15) is 35.5 Å². The van der Waals surface area contributed by atoms with Gasteiger partial charge in [-0.1, -0.05) is 68.6 Å². The molecule has 2 bridgehead atoms. The van der Waals surface area contributed by atoms with E-state index in [1.165, 1.54) is 6.42 Å². The zero-order chi connectivity index (χ0) is 39.9. The molecule has 0 unspecified atom stereocenters. The van der Waals surface area contributed by atoms with E-state index in [1.54, 1.807) is 33.1 Å². The van der Waals surface area contributed by atoms with Crippen molar-refractivity contribution in [3.63, 3.8) is 0 Å². The van der Waals surface area contributed by atoms with Crippen LogP contribution >= 0.6 is 0 Å². The van der Waals surface area contributed by atoms with Crippen LogP contribution in [0.3, 0.4) is 0 Å². The maximum Gasteiger partial charge on any atom is 0.316 e. The number of rotatable bonds is 4. The number of nitrogens with zero attached hydrogens (tertiary/aromatic N) is 1. The van der Waals surface area contributed by atoms with E-state index in [2.05, 4.69) is 18.2 Å². The summed E-state index contributed by atoms with van der Waals surface area (Å²) in [6.45, 7) is 9.63. The molecule has 5 fully saturated rings. The van der Waals surface area contributed by atoms with E-state index in [9.17, 15) is 25.3 Å². The molecule has 13 heteroatoms. The lowest BCUT2D eigenvalue weighted by atomic mass is 9.71. The quantitative estimate of drug-likeness (QED) is 0.130. The maximum absolute atomic E-state index is 14.4. The molecular formula is C43H63NO12. The summed E-state index contributed by atoms with van der Waals surface area (Å²) in [6, 6.07) is 0. The predicted octanol–water partition coefficient (Wildman–Crippen LogP) is 5.04. The highest BCUT2D eigenvalue weighted by molar-refractivity contribution is 6.06. The number of aliphatic hydroxyl groups is 3. The Morgan fingerprint density at radius 3 is 2.50 bits per heavy atom. The second-order valence-electron chi connectivity index (χ2n) is 17.5. The van der Waals surface area contributed by atoms with Crippen molar-refractivity contribution in [3.05, 3.63) is 47.1 Å². The molecule has 13 nitrogen and oxygen atoms in total. The van der Waals surface area contributed by atoms with Crippen LogP contribution in [-0.2, 0) is 38.0 Å². The molecule has 5 heterocycles. The van der Waals surface area contributed by atoms with E-state index in [0.29, 0.717) is 36.3 Å². The number of carbonyl (C=O) groups is 1. The lowest BCUT2D eigenvalue weighted by Gasteiger charge is -2.53. The second kappa shape index (κ2) is 17.0. The third-order valence-corrected chi connectivity index (χ3v) is 13.7. The Kier molecular flexibility index (Phi) is 12.7. The standard InChI is InChI=1S/C43H63NO12/c1-23-11-10-14-29-22-51-40-36(44-49)25(3)17-32(43(29,40)48)41(47)53-31-18-30(16-15-24(2)38(23)54-35-19-34(50-6)37(46)27(5)52-35)55-42(20-31)21-33(45)26(4)39(56-42)28-12-8-7-9-13-28/h10-11,14-15,17,23,26-28,30-35,37-40,45-46,48-49H,7-9,12-13,16,18-22H2,1-6H3/b11-10+,24-15+,29-14+,44-36-/t23-,26-,27-,30+,31-,32-,33-,34-,35-,37-,38+,39-,40+,42-,43+/m0/s1. The predicted molar refractivity (Wildman–Crippen MR) is 205 cm³/mol. The largest absolute Gasteiger partial charge is 0.462 e. The van der Waals surface area contributed by atoms with Crippen LogP contribution in [0.1, 0.15) is 98.8 Å². The highest BCUT2D eigenvalue weighted by Gasteiger charge is 2.60. The van der Waals surface area contributed by atoms with Gasteiger partial charge in [-0.05, 0) is 62.7 Å². The number of hydrogen-bond acceptors (Lipinski definition) is 13. The molecule has 5 aliphatic heterocycles. The number of allylic oxidation sites excluding steroid dienone is 2. The minimum Gasteiger partial charge on any atom is -0.462 e. The van der Waals surface area contributed by atoms with Gasteiger partial charge < -0.3 is 53.7 Å². The minimum atomic E-state index is -1.88. The molecule has 4 saturated heterocycles. The highest BCUT2D eigenvalue weighted by Crippen LogP contribution is 2.48. The van der Waals surface area contributed by atoms with Crippen LogP contribution in [0, 0.1) is 23.7 Å². The summed E-state index contributed by atoms with van der Waals surface area (Å²) in [4.78, 5) is 14.4. The molecule has 1 saturated carbocycles. The Morgan fingerprint density at radius 2 is 1.77 bits per heavy atom. The van der Waals surface area contributed by atoms with E-state index < -0.39 is 78.4 Å². The molecule has 0 amide bonds. The number of carbonyl (C=O) groups excluding carboxylic acids is 1. The average Bonchev–Trinajstić information content (AvgIpc) is 3.51. The average molecular weight is 786 g/mol. The molecule has 0 aromatic heterocycles. The summed E-state index contributed by atoms with van der Waals surface area (Å²) < 4.78 is 44.8. The van der Waals surface area contributed by atoms with Gasteiger partial charge in [0.05, 0.1) is 43.2 Å². The maximum atomic E-state index is 14.4. The number of ether oxygens (including phenoxy) is 7. The normalized spacial score (nSPS) is 48.6. The van der Waals surface area contributed by atoms with Crippen LogP contribution in [0.2, 0.25) is 0 Å². The number of esters is 1. The Labute approximate surface area is 330 Å². The van der Waals surface area contributed by atoms with Crippen LogP contribution in [0.15, 0.2) is 52.3 Å². The van der Waals surface area contributed by atoms with Crippen molar-refractivity contribution in [2.75, 3.05) is 13.7 Å². The topological polar surface area (TPSA) is 175 Å². The van der Waals surface area contributed by atoms with Crippen molar-refractivity contribution >= 4 is 11.7 Å². The third-order valence-electron chi connectivity index (χ3n) is 13.7. The number of fused-ring (bicyclic) bond motifs is 2. The molecule has 0 aromatic carbocycles. The lowest BCUT2D eigenvalue weighted by Crippen LogP contribution is -2.60. The van der Waals surface area contributed by atoms with Crippen LogP contribution in [-0.4, -0.2) is 119 Å². The van der Waals surface area contributed by atoms with Crippen molar-refractivity contribution in [1.29, 1.82) is 0 Å². The van der Waals surface area contributed by atoms with E-state index in [0.717, 1.165) is 31.3 Å². The van der Waals surface area contributed by atoms with Crippen molar-refractivity contribution < 1.29 is 58.5 Å². The van der Waals surface area contributed by atoms with E-state index >= 15 is 0 Å². The Bertz CT molecular complexity index is 1590. The van der Waals surface area contributed by atoms with Crippen molar-refractivity contribution in [2.24, 2.45) is 28.8 Å². The first kappa shape index (κ1) is 41.7. The second-order valence-corrected chi connectivity index (χ2v) is 17.5. The third kappa shape index (κ3) is 8.09. The van der Waals surface area contributed by atoms with E-state index in [1.807, 2.05) is 26.0 Å². The van der Waals surface area contributed by atoms with Gasteiger partial charge in [0.15, 0.2) is 12.1 Å². The van der Waals surface area contributed by atoms with Crippen LogP contribution in [0.5, 0.6) is 0 Å². The highest BCUT2D eigenvalue weighted by atomic mass is 16.7. The minimum absolute atomic E-state index is 0.00607.